The molecule has 0 atom stereocenters. The standard InChI is InChI=1S/C7H14GeN2/c1-8(2,3)7-6-9-4-5-10-7/h4-6,9-10H,1-3H3. The van der Waals surface area contributed by atoms with Crippen LogP contribution in [0.15, 0.2) is 23.1 Å². The van der Waals surface area contributed by atoms with Gasteiger partial charge in [-0.25, -0.2) is 0 Å². The predicted octanol–water partition coefficient (Wildman–Crippen LogP) is 1.37. The SMILES string of the molecule is [CH3][Ge]([CH3])([CH3])[C]1=CNC=CN1. The normalized spacial score (nSPS) is 17.3. The van der Waals surface area contributed by atoms with Crippen LogP contribution in [0.2, 0.25) is 17.3 Å². The van der Waals surface area contributed by atoms with E-state index in [-0.39, 0.29) is 0 Å². The molecule has 0 unspecified atom stereocenters. The van der Waals surface area contributed by atoms with Crippen molar-refractivity contribution in [1.29, 1.82) is 0 Å². The van der Waals surface area contributed by atoms with Gasteiger partial charge in [-0.2, -0.15) is 0 Å². The van der Waals surface area contributed by atoms with E-state index in [2.05, 4.69) is 34.1 Å². The first kappa shape index (κ1) is 7.73. The summed E-state index contributed by atoms with van der Waals surface area (Å²) in [5, 5.41) is 6.34. The zero-order valence-electron chi connectivity index (χ0n) is 6.73. The van der Waals surface area contributed by atoms with Gasteiger partial charge in [-0.15, -0.1) is 0 Å². The van der Waals surface area contributed by atoms with E-state index in [1.54, 1.807) is 0 Å². The third-order valence-electron chi connectivity index (χ3n) is 1.45. The van der Waals surface area contributed by atoms with Crippen molar-refractivity contribution in [2.24, 2.45) is 0 Å². The number of hydrogen-bond acceptors (Lipinski definition) is 2. The summed E-state index contributed by atoms with van der Waals surface area (Å²) in [4.78, 5) is 0. The van der Waals surface area contributed by atoms with E-state index in [4.69, 9.17) is 0 Å². The molecule has 1 rings (SSSR count). The van der Waals surface area contributed by atoms with E-state index >= 15 is 0 Å². The van der Waals surface area contributed by atoms with Crippen LogP contribution in [0, 0.1) is 0 Å². The predicted molar refractivity (Wildman–Crippen MR) is 46.8 cm³/mol. The second kappa shape index (κ2) is 2.70. The molecule has 0 saturated heterocycles. The first-order valence-electron chi connectivity index (χ1n) is 3.49. The van der Waals surface area contributed by atoms with Gasteiger partial charge in [-0.3, -0.25) is 0 Å². The molecule has 1 aliphatic heterocycles. The van der Waals surface area contributed by atoms with Crippen molar-refractivity contribution in [3.05, 3.63) is 23.1 Å². The number of nitrogens with one attached hydrogen (secondary N) is 2. The van der Waals surface area contributed by atoms with Crippen LogP contribution in [-0.2, 0) is 0 Å². The quantitative estimate of drug-likeness (QED) is 0.623. The van der Waals surface area contributed by atoms with E-state index in [1.165, 1.54) is 4.53 Å². The molecule has 3 heteroatoms. The van der Waals surface area contributed by atoms with Crippen LogP contribution in [0.5, 0.6) is 0 Å². The second-order valence-corrected chi connectivity index (χ2v) is 14.0. The summed E-state index contributed by atoms with van der Waals surface area (Å²) in [5.41, 5.74) is 0. The van der Waals surface area contributed by atoms with Gasteiger partial charge < -0.3 is 0 Å². The van der Waals surface area contributed by atoms with Crippen LogP contribution in [-0.4, -0.2) is 13.3 Å². The summed E-state index contributed by atoms with van der Waals surface area (Å²) in [6, 6.07) is 0. The van der Waals surface area contributed by atoms with Gasteiger partial charge in [0.25, 0.3) is 0 Å². The Morgan fingerprint density at radius 2 is 1.90 bits per heavy atom. The molecule has 56 valence electrons. The molecule has 2 nitrogen and oxygen atoms in total. The van der Waals surface area contributed by atoms with Gasteiger partial charge in [0, 0.05) is 0 Å². The summed E-state index contributed by atoms with van der Waals surface area (Å²) < 4.78 is 1.41. The molecule has 10 heavy (non-hydrogen) atoms. The fourth-order valence-electron chi connectivity index (χ4n) is 0.786. The topological polar surface area (TPSA) is 24.1 Å². The van der Waals surface area contributed by atoms with Crippen LogP contribution in [0.25, 0.3) is 0 Å². The summed E-state index contributed by atoms with van der Waals surface area (Å²) in [7, 11) is 0. The molecule has 0 bridgehead atoms. The van der Waals surface area contributed by atoms with E-state index in [0.717, 1.165) is 0 Å². The van der Waals surface area contributed by atoms with Crippen molar-refractivity contribution in [2.75, 3.05) is 0 Å². The van der Waals surface area contributed by atoms with Crippen molar-refractivity contribution in [3.63, 3.8) is 0 Å². The molecule has 0 aromatic rings. The number of hydrogen-bond donors (Lipinski definition) is 2. The van der Waals surface area contributed by atoms with Crippen molar-refractivity contribution in [3.8, 4) is 0 Å². The van der Waals surface area contributed by atoms with Crippen LogP contribution in [0.1, 0.15) is 0 Å². The molecule has 0 fully saturated rings. The molecule has 1 aliphatic rings. The molecule has 0 aromatic carbocycles. The summed E-state index contributed by atoms with van der Waals surface area (Å²) in [6.07, 6.45) is 5.92. The molecule has 2 N–H and O–H groups in total. The Bertz CT molecular complexity index is 177. The van der Waals surface area contributed by atoms with E-state index < -0.39 is 13.3 Å². The second-order valence-electron chi connectivity index (χ2n) is 3.45. The molecular formula is C7H14GeN2. The average Bonchev–Trinajstić information content (AvgIpc) is 1.88. The summed E-state index contributed by atoms with van der Waals surface area (Å²) >= 11 is -1.58. The van der Waals surface area contributed by atoms with Crippen LogP contribution in [0.4, 0.5) is 0 Å². The Balaban J connectivity index is 2.65. The van der Waals surface area contributed by atoms with Crippen LogP contribution in [0.3, 0.4) is 0 Å². The van der Waals surface area contributed by atoms with Gasteiger partial charge in [0.1, 0.15) is 0 Å². The van der Waals surface area contributed by atoms with E-state index in [9.17, 15) is 0 Å². The van der Waals surface area contributed by atoms with Gasteiger partial charge >= 0.3 is 64.3 Å². The molecular weight excluding hydrogens is 185 g/mol. The van der Waals surface area contributed by atoms with Gasteiger partial charge in [-0.05, 0) is 0 Å². The monoisotopic (exact) mass is 200 g/mol. The van der Waals surface area contributed by atoms with Gasteiger partial charge in [0.15, 0.2) is 0 Å². The Labute approximate surface area is 64.7 Å². The van der Waals surface area contributed by atoms with Crippen molar-refractivity contribution in [2.45, 2.75) is 17.3 Å². The zero-order valence-corrected chi connectivity index (χ0v) is 8.83. The fourth-order valence-corrected chi connectivity index (χ4v) is 2.95. The van der Waals surface area contributed by atoms with Crippen LogP contribution >= 0.6 is 0 Å². The van der Waals surface area contributed by atoms with Crippen molar-refractivity contribution < 1.29 is 0 Å². The van der Waals surface area contributed by atoms with Gasteiger partial charge in [0.05, 0.1) is 0 Å². The van der Waals surface area contributed by atoms with Gasteiger partial charge in [0.2, 0.25) is 0 Å². The minimum absolute atomic E-state index is 1.41. The molecule has 0 aromatic heterocycles. The van der Waals surface area contributed by atoms with Gasteiger partial charge in [-0.1, -0.05) is 0 Å². The molecule has 1 heterocycles. The van der Waals surface area contributed by atoms with Crippen molar-refractivity contribution >= 4 is 13.3 Å². The first-order chi connectivity index (χ1) is 4.61. The minimum atomic E-state index is -1.58. The molecule has 0 amide bonds. The Morgan fingerprint density at radius 3 is 2.20 bits per heavy atom. The maximum atomic E-state index is 3.26. The fraction of sp³-hybridized carbons (Fsp3) is 0.429. The molecule has 0 spiro atoms. The molecule has 0 aliphatic carbocycles. The van der Waals surface area contributed by atoms with Crippen LogP contribution < -0.4 is 10.6 Å². The third kappa shape index (κ3) is 1.80. The average molecular weight is 199 g/mol. The first-order valence-corrected chi connectivity index (χ1v) is 10.8. The molecule has 0 saturated carbocycles. The summed E-state index contributed by atoms with van der Waals surface area (Å²) in [5.74, 6) is 7.08. The third-order valence-corrected chi connectivity index (χ3v) is 5.45. The Kier molecular flexibility index (Phi) is 2.09. The Hall–Kier alpha value is -0.377. The van der Waals surface area contributed by atoms with Crippen molar-refractivity contribution in [1.82, 2.24) is 10.6 Å². The molecule has 0 radical (unpaired) electrons. The number of rotatable bonds is 1. The summed E-state index contributed by atoms with van der Waals surface area (Å²) in [6.45, 7) is 0. The van der Waals surface area contributed by atoms with E-state index in [1.807, 2.05) is 12.4 Å². The zero-order chi connectivity index (χ0) is 7.61. The maximum absolute atomic E-state index is 3.26. The van der Waals surface area contributed by atoms with E-state index in [0.29, 0.717) is 0 Å². The Morgan fingerprint density at radius 1 is 1.20 bits per heavy atom.